The van der Waals surface area contributed by atoms with Crippen LogP contribution in [0.2, 0.25) is 0 Å². The molecule has 1 aromatic heterocycles. The van der Waals surface area contributed by atoms with Gasteiger partial charge in [0.2, 0.25) is 11.8 Å². The molecule has 2 rings (SSSR count). The standard InChI is InChI=1S/C11H10N2O3/c1-6-3-4-8(5-9(6)11(14)15)10-13-12-7(2)16-10/h3-5H,1-2H3,(H,14,15). The summed E-state index contributed by atoms with van der Waals surface area (Å²) in [6.45, 7) is 3.43. The van der Waals surface area contributed by atoms with E-state index in [9.17, 15) is 4.79 Å². The number of carboxylic acids is 1. The molecule has 0 atom stereocenters. The van der Waals surface area contributed by atoms with Crippen LogP contribution >= 0.6 is 0 Å². The summed E-state index contributed by atoms with van der Waals surface area (Å²) in [6, 6.07) is 5.01. The molecule has 0 unspecified atom stereocenters. The second kappa shape index (κ2) is 3.77. The first-order valence-electron chi connectivity index (χ1n) is 4.72. The molecule has 5 heteroatoms. The maximum absolute atomic E-state index is 10.9. The molecule has 0 fully saturated rings. The van der Waals surface area contributed by atoms with Crippen molar-refractivity contribution in [1.82, 2.24) is 10.2 Å². The predicted octanol–water partition coefficient (Wildman–Crippen LogP) is 2.05. The number of hydrogen-bond donors (Lipinski definition) is 1. The van der Waals surface area contributed by atoms with Gasteiger partial charge in [0.15, 0.2) is 0 Å². The van der Waals surface area contributed by atoms with E-state index in [1.165, 1.54) is 6.07 Å². The number of carbonyl (C=O) groups is 1. The van der Waals surface area contributed by atoms with Gasteiger partial charge in [0.1, 0.15) is 0 Å². The average Bonchev–Trinajstić information content (AvgIpc) is 2.65. The second-order valence-corrected chi connectivity index (χ2v) is 3.46. The quantitative estimate of drug-likeness (QED) is 0.834. The second-order valence-electron chi connectivity index (χ2n) is 3.46. The number of nitrogens with zero attached hydrogens (tertiary/aromatic N) is 2. The van der Waals surface area contributed by atoms with Gasteiger partial charge in [-0.1, -0.05) is 6.07 Å². The third-order valence-electron chi connectivity index (χ3n) is 2.24. The fraction of sp³-hybridized carbons (Fsp3) is 0.182. The number of carboxylic acid groups (broad SMARTS) is 1. The topological polar surface area (TPSA) is 76.2 Å². The minimum Gasteiger partial charge on any atom is -0.478 e. The number of aromatic carboxylic acids is 1. The van der Waals surface area contributed by atoms with Crippen LogP contribution in [0.4, 0.5) is 0 Å². The molecule has 16 heavy (non-hydrogen) atoms. The van der Waals surface area contributed by atoms with Gasteiger partial charge in [0.25, 0.3) is 0 Å². The van der Waals surface area contributed by atoms with Crippen molar-refractivity contribution in [2.24, 2.45) is 0 Å². The molecular formula is C11H10N2O3. The van der Waals surface area contributed by atoms with Gasteiger partial charge < -0.3 is 9.52 Å². The highest BCUT2D eigenvalue weighted by atomic mass is 16.4. The van der Waals surface area contributed by atoms with Crippen molar-refractivity contribution >= 4 is 5.97 Å². The molecule has 0 aliphatic heterocycles. The maximum Gasteiger partial charge on any atom is 0.335 e. The summed E-state index contributed by atoms with van der Waals surface area (Å²) in [6.07, 6.45) is 0. The molecule has 0 aliphatic carbocycles. The first-order valence-corrected chi connectivity index (χ1v) is 4.72. The van der Waals surface area contributed by atoms with E-state index < -0.39 is 5.97 Å². The van der Waals surface area contributed by atoms with E-state index in [1.54, 1.807) is 26.0 Å². The van der Waals surface area contributed by atoms with E-state index in [2.05, 4.69) is 10.2 Å². The van der Waals surface area contributed by atoms with E-state index in [0.29, 0.717) is 22.9 Å². The van der Waals surface area contributed by atoms with Gasteiger partial charge in [0.05, 0.1) is 5.56 Å². The summed E-state index contributed by atoms with van der Waals surface area (Å²) >= 11 is 0. The fourth-order valence-electron chi connectivity index (χ4n) is 1.40. The Hall–Kier alpha value is -2.17. The van der Waals surface area contributed by atoms with Gasteiger partial charge in [-0.25, -0.2) is 4.79 Å². The molecule has 82 valence electrons. The molecule has 0 amide bonds. The van der Waals surface area contributed by atoms with E-state index in [1.807, 2.05) is 0 Å². The Labute approximate surface area is 91.7 Å². The van der Waals surface area contributed by atoms with Gasteiger partial charge in [-0.05, 0) is 24.6 Å². The molecule has 0 saturated carbocycles. The van der Waals surface area contributed by atoms with Crippen molar-refractivity contribution in [2.75, 3.05) is 0 Å². The van der Waals surface area contributed by atoms with Gasteiger partial charge in [-0.3, -0.25) is 0 Å². The summed E-state index contributed by atoms with van der Waals surface area (Å²) in [5.74, 6) is -0.178. The van der Waals surface area contributed by atoms with Crippen LogP contribution in [0.5, 0.6) is 0 Å². The van der Waals surface area contributed by atoms with E-state index in [0.717, 1.165) is 0 Å². The third-order valence-corrected chi connectivity index (χ3v) is 2.24. The Bertz CT molecular complexity index is 546. The highest BCUT2D eigenvalue weighted by Gasteiger charge is 2.11. The monoisotopic (exact) mass is 218 g/mol. The normalized spacial score (nSPS) is 10.4. The number of aromatic nitrogens is 2. The summed E-state index contributed by atoms with van der Waals surface area (Å²) in [5.41, 5.74) is 1.56. The van der Waals surface area contributed by atoms with Crippen LogP contribution in [0.1, 0.15) is 21.8 Å². The van der Waals surface area contributed by atoms with Crippen molar-refractivity contribution in [3.63, 3.8) is 0 Å². The van der Waals surface area contributed by atoms with E-state index in [4.69, 9.17) is 9.52 Å². The van der Waals surface area contributed by atoms with Crippen molar-refractivity contribution in [3.05, 3.63) is 35.2 Å². The number of rotatable bonds is 2. The number of hydrogen-bond acceptors (Lipinski definition) is 4. The van der Waals surface area contributed by atoms with Gasteiger partial charge in [0, 0.05) is 12.5 Å². The van der Waals surface area contributed by atoms with Crippen LogP contribution in [-0.2, 0) is 0 Å². The summed E-state index contributed by atoms with van der Waals surface area (Å²) < 4.78 is 5.23. The van der Waals surface area contributed by atoms with Crippen LogP contribution in [0.15, 0.2) is 22.6 Å². The third kappa shape index (κ3) is 1.79. The molecule has 1 heterocycles. The highest BCUT2D eigenvalue weighted by Crippen LogP contribution is 2.21. The maximum atomic E-state index is 10.9. The molecule has 2 aromatic rings. The molecule has 0 aliphatic rings. The molecule has 1 N–H and O–H groups in total. The van der Waals surface area contributed by atoms with Crippen LogP contribution in [-0.4, -0.2) is 21.3 Å². The van der Waals surface area contributed by atoms with E-state index >= 15 is 0 Å². The number of benzene rings is 1. The molecular weight excluding hydrogens is 208 g/mol. The Morgan fingerprint density at radius 2 is 2.06 bits per heavy atom. The summed E-state index contributed by atoms with van der Waals surface area (Å²) in [4.78, 5) is 10.9. The van der Waals surface area contributed by atoms with Crippen LogP contribution in [0.25, 0.3) is 11.5 Å². The largest absolute Gasteiger partial charge is 0.478 e. The zero-order valence-corrected chi connectivity index (χ0v) is 8.89. The Kier molecular flexibility index (Phi) is 2.44. The Morgan fingerprint density at radius 3 is 2.62 bits per heavy atom. The highest BCUT2D eigenvalue weighted by molar-refractivity contribution is 5.90. The smallest absolute Gasteiger partial charge is 0.335 e. The minimum absolute atomic E-state index is 0.244. The molecule has 0 radical (unpaired) electrons. The molecule has 0 bridgehead atoms. The van der Waals surface area contributed by atoms with Gasteiger partial charge >= 0.3 is 5.97 Å². The average molecular weight is 218 g/mol. The number of aryl methyl sites for hydroxylation is 2. The van der Waals surface area contributed by atoms with E-state index in [-0.39, 0.29) is 5.56 Å². The summed E-state index contributed by atoms with van der Waals surface area (Å²) in [7, 11) is 0. The fourth-order valence-corrected chi connectivity index (χ4v) is 1.40. The Balaban J connectivity index is 2.51. The van der Waals surface area contributed by atoms with Crippen LogP contribution in [0, 0.1) is 13.8 Å². The molecule has 0 spiro atoms. The molecule has 0 saturated heterocycles. The summed E-state index contributed by atoms with van der Waals surface area (Å²) in [5, 5.41) is 16.5. The van der Waals surface area contributed by atoms with Gasteiger partial charge in [-0.2, -0.15) is 0 Å². The minimum atomic E-state index is -0.962. The first kappa shape index (κ1) is 10.4. The van der Waals surface area contributed by atoms with Crippen LogP contribution in [0.3, 0.4) is 0 Å². The van der Waals surface area contributed by atoms with Crippen molar-refractivity contribution in [3.8, 4) is 11.5 Å². The lowest BCUT2D eigenvalue weighted by Gasteiger charge is -2.01. The molecule has 5 nitrogen and oxygen atoms in total. The first-order chi connectivity index (χ1) is 7.58. The zero-order chi connectivity index (χ0) is 11.7. The SMILES string of the molecule is Cc1nnc(-c2ccc(C)c(C(=O)O)c2)o1. The molecule has 1 aromatic carbocycles. The van der Waals surface area contributed by atoms with Crippen LogP contribution < -0.4 is 0 Å². The van der Waals surface area contributed by atoms with Gasteiger partial charge in [-0.15, -0.1) is 10.2 Å². The van der Waals surface area contributed by atoms with Crippen molar-refractivity contribution in [2.45, 2.75) is 13.8 Å². The zero-order valence-electron chi connectivity index (χ0n) is 8.89. The Morgan fingerprint density at radius 1 is 1.31 bits per heavy atom. The van der Waals surface area contributed by atoms with Crippen molar-refractivity contribution < 1.29 is 14.3 Å². The lowest BCUT2D eigenvalue weighted by Crippen LogP contribution is -1.99. The predicted molar refractivity (Wildman–Crippen MR) is 56.2 cm³/mol. The lowest BCUT2D eigenvalue weighted by atomic mass is 10.1. The van der Waals surface area contributed by atoms with Crippen molar-refractivity contribution in [1.29, 1.82) is 0 Å². The lowest BCUT2D eigenvalue weighted by molar-refractivity contribution is 0.0696.